The van der Waals surface area contributed by atoms with Crippen LogP contribution in [0.5, 0.6) is 0 Å². The van der Waals surface area contributed by atoms with E-state index in [2.05, 4.69) is 11.9 Å². The van der Waals surface area contributed by atoms with Crippen LogP contribution in [0.4, 0.5) is 13.2 Å². The molecule has 1 N–H and O–H groups in total. The first-order valence-electron chi connectivity index (χ1n) is 4.00. The van der Waals surface area contributed by atoms with Crippen LogP contribution in [0.3, 0.4) is 0 Å². The molecule has 0 atom stereocenters. The third-order valence-electron chi connectivity index (χ3n) is 1.86. The highest BCUT2D eigenvalue weighted by Gasteiger charge is 2.33. The molecule has 0 aliphatic carbocycles. The van der Waals surface area contributed by atoms with Crippen LogP contribution >= 0.6 is 0 Å². The normalized spacial score (nSPS) is 11.1. The minimum Gasteiger partial charge on any atom is -0.388 e. The van der Waals surface area contributed by atoms with E-state index >= 15 is 0 Å². The molecule has 0 amide bonds. The molecule has 1 nitrogen and oxygen atoms in total. The topological polar surface area (TPSA) is 12.0 Å². The van der Waals surface area contributed by atoms with Gasteiger partial charge in [-0.2, -0.15) is 13.2 Å². The van der Waals surface area contributed by atoms with Gasteiger partial charge in [0.15, 0.2) is 0 Å². The van der Waals surface area contributed by atoms with Gasteiger partial charge in [0, 0.05) is 18.3 Å². The Bertz CT molecular complexity index is 341. The maximum atomic E-state index is 12.5. The number of halogens is 3. The smallest absolute Gasteiger partial charge is 0.388 e. The van der Waals surface area contributed by atoms with Gasteiger partial charge < -0.3 is 5.32 Å². The molecule has 0 aromatic heterocycles. The van der Waals surface area contributed by atoms with Crippen LogP contribution in [0.15, 0.2) is 30.8 Å². The zero-order valence-electron chi connectivity index (χ0n) is 7.65. The van der Waals surface area contributed by atoms with Crippen molar-refractivity contribution in [1.82, 2.24) is 5.32 Å². The van der Waals surface area contributed by atoms with Gasteiger partial charge in [0.2, 0.25) is 0 Å². The molecule has 0 saturated heterocycles. The maximum absolute atomic E-state index is 12.5. The van der Waals surface area contributed by atoms with Gasteiger partial charge in [0.05, 0.1) is 5.56 Å². The highest BCUT2D eigenvalue weighted by atomic mass is 19.4. The summed E-state index contributed by atoms with van der Waals surface area (Å²) >= 11 is 0. The largest absolute Gasteiger partial charge is 0.417 e. The van der Waals surface area contributed by atoms with Crippen LogP contribution in [0, 0.1) is 0 Å². The van der Waals surface area contributed by atoms with Crippen LogP contribution in [-0.4, -0.2) is 7.05 Å². The lowest BCUT2D eigenvalue weighted by Crippen LogP contribution is -2.12. The Kier molecular flexibility index (Phi) is 2.84. The highest BCUT2D eigenvalue weighted by molar-refractivity contribution is 5.65. The zero-order valence-corrected chi connectivity index (χ0v) is 7.65. The molecule has 0 heterocycles. The van der Waals surface area contributed by atoms with Crippen molar-refractivity contribution in [2.45, 2.75) is 6.18 Å². The van der Waals surface area contributed by atoms with Crippen molar-refractivity contribution in [3.05, 3.63) is 42.0 Å². The molecule has 14 heavy (non-hydrogen) atoms. The lowest BCUT2D eigenvalue weighted by molar-refractivity contribution is -0.137. The van der Waals surface area contributed by atoms with E-state index in [1.807, 2.05) is 0 Å². The number of benzene rings is 1. The van der Waals surface area contributed by atoms with E-state index in [9.17, 15) is 13.2 Å². The highest BCUT2D eigenvalue weighted by Crippen LogP contribution is 2.33. The van der Waals surface area contributed by atoms with E-state index in [4.69, 9.17) is 0 Å². The molecule has 76 valence electrons. The molecule has 0 aliphatic heterocycles. The van der Waals surface area contributed by atoms with Crippen LogP contribution in [0.25, 0.3) is 5.70 Å². The Balaban J connectivity index is 3.23. The zero-order chi connectivity index (χ0) is 10.8. The first kappa shape index (κ1) is 10.6. The Morgan fingerprint density at radius 3 is 2.36 bits per heavy atom. The second kappa shape index (κ2) is 3.74. The maximum Gasteiger partial charge on any atom is 0.417 e. The second-order valence-corrected chi connectivity index (χ2v) is 2.77. The van der Waals surface area contributed by atoms with Gasteiger partial charge in [-0.15, -0.1) is 0 Å². The Morgan fingerprint density at radius 1 is 1.29 bits per heavy atom. The van der Waals surface area contributed by atoms with Gasteiger partial charge in [0.25, 0.3) is 0 Å². The summed E-state index contributed by atoms with van der Waals surface area (Å²) in [5.41, 5.74) is -0.320. The minimum atomic E-state index is -4.34. The lowest BCUT2D eigenvalue weighted by Gasteiger charge is -2.13. The SMILES string of the molecule is C=C(NC)c1ccccc1C(F)(F)F. The lowest BCUT2D eigenvalue weighted by atomic mass is 10.1. The van der Waals surface area contributed by atoms with Crippen molar-refractivity contribution in [3.63, 3.8) is 0 Å². The first-order chi connectivity index (χ1) is 6.46. The van der Waals surface area contributed by atoms with Crippen LogP contribution < -0.4 is 5.32 Å². The van der Waals surface area contributed by atoms with E-state index in [1.165, 1.54) is 19.2 Å². The average Bonchev–Trinajstić information content (AvgIpc) is 2.15. The van der Waals surface area contributed by atoms with Crippen LogP contribution in [-0.2, 0) is 6.18 Å². The van der Waals surface area contributed by atoms with E-state index in [0.717, 1.165) is 6.07 Å². The third kappa shape index (κ3) is 2.07. The predicted octanol–water partition coefficient (Wildman–Crippen LogP) is 2.90. The molecule has 0 saturated carbocycles. The summed E-state index contributed by atoms with van der Waals surface area (Å²) in [6.07, 6.45) is -4.34. The second-order valence-electron chi connectivity index (χ2n) is 2.77. The van der Waals surface area contributed by atoms with E-state index in [1.54, 1.807) is 6.07 Å². The molecule has 0 aliphatic rings. The van der Waals surface area contributed by atoms with Crippen LogP contribution in [0.1, 0.15) is 11.1 Å². The number of hydrogen-bond acceptors (Lipinski definition) is 1. The summed E-state index contributed by atoms with van der Waals surface area (Å²) < 4.78 is 37.4. The monoisotopic (exact) mass is 201 g/mol. The van der Waals surface area contributed by atoms with Crippen molar-refractivity contribution < 1.29 is 13.2 Å². The fraction of sp³-hybridized carbons (Fsp3) is 0.200. The molecule has 1 aromatic carbocycles. The van der Waals surface area contributed by atoms with Crippen molar-refractivity contribution in [1.29, 1.82) is 0 Å². The average molecular weight is 201 g/mol. The first-order valence-corrected chi connectivity index (χ1v) is 4.00. The summed E-state index contributed by atoms with van der Waals surface area (Å²) in [5.74, 6) is 0. The van der Waals surface area contributed by atoms with Crippen molar-refractivity contribution >= 4 is 5.70 Å². The molecule has 0 unspecified atom stereocenters. The third-order valence-corrected chi connectivity index (χ3v) is 1.86. The van der Waals surface area contributed by atoms with Crippen molar-refractivity contribution in [3.8, 4) is 0 Å². The van der Waals surface area contributed by atoms with E-state index in [-0.39, 0.29) is 11.3 Å². The van der Waals surface area contributed by atoms with E-state index in [0.29, 0.717) is 0 Å². The summed E-state index contributed by atoms with van der Waals surface area (Å²) in [7, 11) is 1.54. The van der Waals surface area contributed by atoms with Crippen molar-refractivity contribution in [2.24, 2.45) is 0 Å². The van der Waals surface area contributed by atoms with E-state index < -0.39 is 11.7 Å². The van der Waals surface area contributed by atoms with Gasteiger partial charge in [-0.25, -0.2) is 0 Å². The number of nitrogens with one attached hydrogen (secondary N) is 1. The van der Waals surface area contributed by atoms with Gasteiger partial charge >= 0.3 is 6.18 Å². The fourth-order valence-electron chi connectivity index (χ4n) is 1.13. The summed E-state index contributed by atoms with van der Waals surface area (Å²) in [5, 5.41) is 2.60. The fourth-order valence-corrected chi connectivity index (χ4v) is 1.13. The Morgan fingerprint density at radius 2 is 1.86 bits per heavy atom. The van der Waals surface area contributed by atoms with Crippen molar-refractivity contribution in [2.75, 3.05) is 7.05 Å². The number of rotatable bonds is 2. The Hall–Kier alpha value is -1.45. The van der Waals surface area contributed by atoms with Gasteiger partial charge in [-0.1, -0.05) is 24.8 Å². The molecule has 0 spiro atoms. The summed E-state index contributed by atoms with van der Waals surface area (Å²) in [4.78, 5) is 0. The van der Waals surface area contributed by atoms with Crippen LogP contribution in [0.2, 0.25) is 0 Å². The van der Waals surface area contributed by atoms with Gasteiger partial charge in [-0.05, 0) is 6.07 Å². The van der Waals surface area contributed by atoms with Gasteiger partial charge in [0.1, 0.15) is 0 Å². The molecular formula is C10H10F3N. The number of hydrogen-bond donors (Lipinski definition) is 1. The van der Waals surface area contributed by atoms with Gasteiger partial charge in [-0.3, -0.25) is 0 Å². The summed E-state index contributed by atoms with van der Waals surface area (Å²) in [6, 6.07) is 5.34. The quantitative estimate of drug-likeness (QED) is 0.775. The standard InChI is InChI=1S/C10H10F3N/c1-7(14-2)8-5-3-4-6-9(8)10(11,12)13/h3-6,14H,1H2,2H3. The molecule has 1 aromatic rings. The predicted molar refractivity (Wildman–Crippen MR) is 49.5 cm³/mol. The Labute approximate surface area is 80.2 Å². The molecule has 0 bridgehead atoms. The molecule has 0 radical (unpaired) electrons. The minimum absolute atomic E-state index is 0.0856. The molecule has 4 heteroatoms. The molecular weight excluding hydrogens is 191 g/mol. The summed E-state index contributed by atoms with van der Waals surface area (Å²) in [6.45, 7) is 3.51. The number of alkyl halides is 3. The molecule has 1 rings (SSSR count). The molecule has 0 fully saturated rings.